The van der Waals surface area contributed by atoms with Gasteiger partial charge in [0.1, 0.15) is 17.0 Å². The lowest BCUT2D eigenvalue weighted by molar-refractivity contribution is 0.0438. The maximum Gasteiger partial charge on any atom is 0.407 e. The smallest absolute Gasteiger partial charge is 0.407 e. The number of rotatable bonds is 2. The molecule has 2 fully saturated rings. The molecule has 8 heteroatoms. The van der Waals surface area contributed by atoms with Crippen molar-refractivity contribution in [1.82, 2.24) is 14.8 Å². The van der Waals surface area contributed by atoms with Gasteiger partial charge in [0.15, 0.2) is 0 Å². The second kappa shape index (κ2) is 7.35. The fourth-order valence-corrected chi connectivity index (χ4v) is 4.00. The highest BCUT2D eigenvalue weighted by atomic mass is 19.1. The topological polar surface area (TPSA) is 80.6 Å². The number of aromatic nitrogens is 1. The van der Waals surface area contributed by atoms with Gasteiger partial charge in [-0.2, -0.15) is 0 Å². The summed E-state index contributed by atoms with van der Waals surface area (Å²) in [5.74, 6) is -0.732. The number of halogens is 1. The van der Waals surface area contributed by atoms with E-state index in [0.29, 0.717) is 50.1 Å². The van der Waals surface area contributed by atoms with E-state index in [1.807, 2.05) is 0 Å². The molecule has 2 saturated heterocycles. The normalized spacial score (nSPS) is 21.6. The van der Waals surface area contributed by atoms with Gasteiger partial charge >= 0.3 is 6.09 Å². The average Bonchev–Trinajstić information content (AvgIpc) is 2.93. The highest BCUT2D eigenvalue weighted by Gasteiger charge is 2.42. The molecule has 1 aromatic carbocycles. The van der Waals surface area contributed by atoms with Crippen LogP contribution in [0.4, 0.5) is 9.18 Å². The number of pyridine rings is 1. The van der Waals surface area contributed by atoms with Crippen LogP contribution in [0.2, 0.25) is 0 Å². The zero-order valence-corrected chi connectivity index (χ0v) is 16.1. The van der Waals surface area contributed by atoms with E-state index in [0.717, 1.165) is 0 Å². The van der Waals surface area contributed by atoms with Gasteiger partial charge in [-0.3, -0.25) is 14.2 Å². The molecule has 2 aliphatic heterocycles. The number of likely N-dealkylation sites (tertiary alicyclic amines) is 1. The predicted molar refractivity (Wildman–Crippen MR) is 104 cm³/mol. The van der Waals surface area contributed by atoms with Crippen molar-refractivity contribution in [2.45, 2.75) is 31.8 Å². The number of aryl methyl sites for hydroxylation is 1. The molecule has 7 nitrogen and oxygen atoms in total. The summed E-state index contributed by atoms with van der Waals surface area (Å²) in [5, 5.41) is 2.69. The minimum Gasteiger partial charge on any atom is -0.441 e. The molecule has 0 aliphatic carbocycles. The van der Waals surface area contributed by atoms with Crippen LogP contribution in [-0.2, 0) is 4.74 Å². The Morgan fingerprint density at radius 2 is 1.90 bits per heavy atom. The molecule has 3 heterocycles. The molecule has 2 aromatic rings. The third-order valence-electron chi connectivity index (χ3n) is 5.67. The van der Waals surface area contributed by atoms with Gasteiger partial charge < -0.3 is 15.0 Å². The van der Waals surface area contributed by atoms with Crippen molar-refractivity contribution < 1.29 is 18.7 Å². The quantitative estimate of drug-likeness (QED) is 0.841. The molecule has 1 spiro atoms. The fraction of sp³-hybridized carbons (Fsp3) is 0.381. The maximum absolute atomic E-state index is 13.2. The van der Waals surface area contributed by atoms with Gasteiger partial charge in [-0.05, 0) is 55.7 Å². The Kier molecular flexibility index (Phi) is 4.86. The van der Waals surface area contributed by atoms with Crippen LogP contribution in [-0.4, -0.2) is 46.7 Å². The minimum atomic E-state index is -0.577. The maximum atomic E-state index is 13.2. The van der Waals surface area contributed by atoms with Crippen LogP contribution in [0, 0.1) is 12.7 Å². The summed E-state index contributed by atoms with van der Waals surface area (Å²) in [5.41, 5.74) is 0.172. The molecule has 2 aliphatic rings. The summed E-state index contributed by atoms with van der Waals surface area (Å²) in [7, 11) is 0. The lowest BCUT2D eigenvalue weighted by Crippen LogP contribution is -2.39. The molecule has 2 amide bonds. The molecular weight excluding hydrogens is 377 g/mol. The average molecular weight is 399 g/mol. The van der Waals surface area contributed by atoms with E-state index in [-0.39, 0.29) is 11.5 Å². The van der Waals surface area contributed by atoms with E-state index < -0.39 is 23.1 Å². The Balaban J connectivity index is 1.61. The van der Waals surface area contributed by atoms with E-state index in [1.54, 1.807) is 24.1 Å². The van der Waals surface area contributed by atoms with Crippen molar-refractivity contribution in [3.05, 3.63) is 63.8 Å². The fourth-order valence-electron chi connectivity index (χ4n) is 4.00. The van der Waals surface area contributed by atoms with E-state index >= 15 is 0 Å². The van der Waals surface area contributed by atoms with E-state index in [4.69, 9.17) is 4.74 Å². The SMILES string of the molecule is Cc1ccn(-c2ccc(F)cc2)c(=O)c1C(=O)N1CCCC2(CC1)CNC(=O)O2. The Hall–Kier alpha value is -3.16. The van der Waals surface area contributed by atoms with Crippen LogP contribution >= 0.6 is 0 Å². The number of carbonyl (C=O) groups excluding carboxylic acids is 2. The van der Waals surface area contributed by atoms with Crippen molar-refractivity contribution >= 4 is 12.0 Å². The number of nitrogens with zero attached hydrogens (tertiary/aromatic N) is 2. The molecule has 0 bridgehead atoms. The van der Waals surface area contributed by atoms with Gasteiger partial charge in [0.2, 0.25) is 0 Å². The third-order valence-corrected chi connectivity index (χ3v) is 5.67. The Morgan fingerprint density at radius 1 is 1.14 bits per heavy atom. The largest absolute Gasteiger partial charge is 0.441 e. The molecular formula is C21H22FN3O4. The van der Waals surface area contributed by atoms with Crippen LogP contribution in [0.3, 0.4) is 0 Å². The second-order valence-corrected chi connectivity index (χ2v) is 7.60. The molecule has 0 saturated carbocycles. The number of benzene rings is 1. The van der Waals surface area contributed by atoms with Crippen molar-refractivity contribution in [2.24, 2.45) is 0 Å². The number of alkyl carbamates (subject to hydrolysis) is 1. The predicted octanol–water partition coefficient (Wildman–Crippen LogP) is 2.39. The molecule has 1 aromatic heterocycles. The summed E-state index contributed by atoms with van der Waals surface area (Å²) < 4.78 is 20.0. The monoisotopic (exact) mass is 399 g/mol. The van der Waals surface area contributed by atoms with Crippen LogP contribution < -0.4 is 10.9 Å². The number of amides is 2. The lowest BCUT2D eigenvalue weighted by Gasteiger charge is -2.25. The second-order valence-electron chi connectivity index (χ2n) is 7.60. The number of hydrogen-bond acceptors (Lipinski definition) is 4. The lowest BCUT2D eigenvalue weighted by atomic mass is 9.95. The summed E-state index contributed by atoms with van der Waals surface area (Å²) in [6.45, 7) is 3.06. The molecule has 29 heavy (non-hydrogen) atoms. The zero-order chi connectivity index (χ0) is 20.6. The van der Waals surface area contributed by atoms with Crippen LogP contribution in [0.25, 0.3) is 5.69 Å². The first kappa shape index (κ1) is 19.2. The van der Waals surface area contributed by atoms with Crippen molar-refractivity contribution in [3.63, 3.8) is 0 Å². The van der Waals surface area contributed by atoms with Gasteiger partial charge in [-0.15, -0.1) is 0 Å². The standard InChI is InChI=1S/C21H22FN3O4/c1-14-7-11-25(16-5-3-15(22)4-6-16)19(27)17(14)18(26)24-10-2-8-21(9-12-24)13-23-20(28)29-21/h3-7,11H,2,8-10,12-13H2,1H3,(H,23,28). The van der Waals surface area contributed by atoms with E-state index in [9.17, 15) is 18.8 Å². The highest BCUT2D eigenvalue weighted by molar-refractivity contribution is 5.95. The van der Waals surface area contributed by atoms with Gasteiger partial charge in [-0.1, -0.05) is 0 Å². The van der Waals surface area contributed by atoms with Gasteiger partial charge in [0.05, 0.1) is 6.54 Å². The molecule has 152 valence electrons. The Bertz CT molecular complexity index is 1020. The Labute approximate surface area is 167 Å². The third kappa shape index (κ3) is 3.62. The molecule has 4 rings (SSSR count). The zero-order valence-electron chi connectivity index (χ0n) is 16.1. The number of nitrogens with one attached hydrogen (secondary N) is 1. The van der Waals surface area contributed by atoms with Crippen LogP contribution in [0.5, 0.6) is 0 Å². The van der Waals surface area contributed by atoms with Gasteiger partial charge in [0, 0.05) is 31.4 Å². The van der Waals surface area contributed by atoms with E-state index in [2.05, 4.69) is 5.32 Å². The van der Waals surface area contributed by atoms with Crippen molar-refractivity contribution in [2.75, 3.05) is 19.6 Å². The first-order valence-corrected chi connectivity index (χ1v) is 9.63. The number of hydrogen-bond donors (Lipinski definition) is 1. The summed E-state index contributed by atoms with van der Waals surface area (Å²) in [6, 6.07) is 7.25. The number of carbonyl (C=O) groups is 2. The molecule has 0 radical (unpaired) electrons. The summed E-state index contributed by atoms with van der Waals surface area (Å²) in [4.78, 5) is 39.4. The van der Waals surface area contributed by atoms with Gasteiger partial charge in [-0.25, -0.2) is 9.18 Å². The van der Waals surface area contributed by atoms with Crippen LogP contribution in [0.1, 0.15) is 35.2 Å². The molecule has 1 unspecified atom stereocenters. The van der Waals surface area contributed by atoms with Gasteiger partial charge in [0.25, 0.3) is 11.5 Å². The van der Waals surface area contributed by atoms with Crippen molar-refractivity contribution in [1.29, 1.82) is 0 Å². The van der Waals surface area contributed by atoms with Crippen LogP contribution in [0.15, 0.2) is 41.3 Å². The molecule has 1 atom stereocenters. The molecule has 1 N–H and O–H groups in total. The van der Waals surface area contributed by atoms with E-state index in [1.165, 1.54) is 28.8 Å². The first-order chi connectivity index (χ1) is 13.9. The number of ether oxygens (including phenoxy) is 1. The highest BCUT2D eigenvalue weighted by Crippen LogP contribution is 2.29. The minimum absolute atomic E-state index is 0.106. The Morgan fingerprint density at radius 3 is 2.59 bits per heavy atom. The van der Waals surface area contributed by atoms with Crippen molar-refractivity contribution in [3.8, 4) is 5.69 Å². The first-order valence-electron chi connectivity index (χ1n) is 9.63. The summed E-state index contributed by atoms with van der Waals surface area (Å²) >= 11 is 0. The summed E-state index contributed by atoms with van der Waals surface area (Å²) in [6.07, 6.45) is 3.03.